The number of anilines is 3. The van der Waals surface area contributed by atoms with Crippen molar-refractivity contribution in [3.8, 4) is 11.5 Å². The summed E-state index contributed by atoms with van der Waals surface area (Å²) in [7, 11) is 3.42. The molecule has 1 saturated heterocycles. The number of nitrogens with zero attached hydrogens (tertiary/aromatic N) is 8. The van der Waals surface area contributed by atoms with Gasteiger partial charge < -0.3 is 24.6 Å². The van der Waals surface area contributed by atoms with Crippen LogP contribution >= 0.6 is 0 Å². The second-order valence-electron chi connectivity index (χ2n) is 10.1. The van der Waals surface area contributed by atoms with Crippen LogP contribution in [0.2, 0.25) is 0 Å². The second-order valence-corrected chi connectivity index (χ2v) is 10.1. The third-order valence-corrected chi connectivity index (χ3v) is 7.23. The van der Waals surface area contributed by atoms with E-state index < -0.39 is 0 Å². The number of pyridine rings is 1. The number of piperazine rings is 1. The molecular formula is C30H31N9O3. The minimum atomic E-state index is -0.0684. The number of ether oxygens (including phenoxy) is 2. The van der Waals surface area contributed by atoms with E-state index in [2.05, 4.69) is 37.1 Å². The maximum absolute atomic E-state index is 12.6. The lowest BCUT2D eigenvalue weighted by Gasteiger charge is -2.35. The third-order valence-electron chi connectivity index (χ3n) is 7.23. The van der Waals surface area contributed by atoms with E-state index in [0.717, 1.165) is 39.4 Å². The summed E-state index contributed by atoms with van der Waals surface area (Å²) in [6.45, 7) is 8.54. The molecule has 12 heteroatoms. The van der Waals surface area contributed by atoms with Crippen molar-refractivity contribution in [3.63, 3.8) is 0 Å². The van der Waals surface area contributed by atoms with E-state index >= 15 is 0 Å². The van der Waals surface area contributed by atoms with Crippen molar-refractivity contribution in [2.75, 3.05) is 50.1 Å². The van der Waals surface area contributed by atoms with Crippen molar-refractivity contribution in [1.82, 2.24) is 34.8 Å². The zero-order valence-electron chi connectivity index (χ0n) is 23.7. The fraction of sp³-hybridized carbons (Fsp3) is 0.267. The summed E-state index contributed by atoms with van der Waals surface area (Å²) in [4.78, 5) is 30.4. The van der Waals surface area contributed by atoms with Crippen molar-refractivity contribution < 1.29 is 14.3 Å². The number of fused-ring (bicyclic) bond motifs is 2. The van der Waals surface area contributed by atoms with Gasteiger partial charge in [0.2, 0.25) is 0 Å². The van der Waals surface area contributed by atoms with Crippen LogP contribution < -0.4 is 15.0 Å². The Morgan fingerprint density at radius 1 is 1.02 bits per heavy atom. The van der Waals surface area contributed by atoms with Gasteiger partial charge in [-0.25, -0.2) is 19.6 Å². The number of aryl methyl sites for hydroxylation is 2. The molecule has 1 N–H and O–H groups in total. The molecule has 0 aliphatic carbocycles. The van der Waals surface area contributed by atoms with E-state index in [1.54, 1.807) is 16.7 Å². The molecule has 0 atom stereocenters. The molecule has 4 heterocycles. The number of hydrogen-bond acceptors (Lipinski definition) is 10. The van der Waals surface area contributed by atoms with E-state index in [-0.39, 0.29) is 12.5 Å². The summed E-state index contributed by atoms with van der Waals surface area (Å²) in [5.41, 5.74) is 5.37. The number of aromatic nitrogens is 6. The van der Waals surface area contributed by atoms with Crippen molar-refractivity contribution in [3.05, 3.63) is 72.6 Å². The Hall–Kier alpha value is -5.10. The lowest BCUT2D eigenvalue weighted by molar-refractivity contribution is -0.127. The molecule has 0 bridgehead atoms. The van der Waals surface area contributed by atoms with E-state index in [1.807, 2.05) is 62.5 Å². The lowest BCUT2D eigenvalue weighted by Crippen LogP contribution is -2.49. The summed E-state index contributed by atoms with van der Waals surface area (Å²) in [6, 6.07) is 15.5. The average molecular weight is 566 g/mol. The van der Waals surface area contributed by atoms with Gasteiger partial charge in [0, 0.05) is 57.7 Å². The van der Waals surface area contributed by atoms with Crippen molar-refractivity contribution >= 4 is 45.3 Å². The average Bonchev–Trinajstić information content (AvgIpc) is 3.38. The van der Waals surface area contributed by atoms with Gasteiger partial charge in [0.05, 0.1) is 17.6 Å². The Kier molecular flexibility index (Phi) is 7.36. The molecule has 1 fully saturated rings. The quantitative estimate of drug-likeness (QED) is 0.276. The standard InChI is InChI=1S/C30H31N9O3/c1-19-15-21(5-9-26(19)42-22-6-8-25-24(16-22)35-36-37(25)3)33-29-28-23(31-18-32-29)7-10-27(34-28)38-11-13-39(14-12-38)30(40)20(2)17-41-4/h5-10,15-16,18H,2,11-14,17H2,1,3-4H3,(H,31,32,33). The highest BCUT2D eigenvalue weighted by Crippen LogP contribution is 2.31. The number of rotatable bonds is 8. The minimum absolute atomic E-state index is 0.0684. The predicted molar refractivity (Wildman–Crippen MR) is 160 cm³/mol. The van der Waals surface area contributed by atoms with Gasteiger partial charge in [-0.15, -0.1) is 5.10 Å². The number of nitrogens with one attached hydrogen (secondary N) is 1. The first-order chi connectivity index (χ1) is 20.4. The van der Waals surface area contributed by atoms with Crippen LogP contribution in [0.1, 0.15) is 5.56 Å². The van der Waals surface area contributed by atoms with Gasteiger partial charge in [0.25, 0.3) is 5.91 Å². The zero-order valence-corrected chi connectivity index (χ0v) is 23.7. The molecule has 0 unspecified atom stereocenters. The van der Waals surface area contributed by atoms with Gasteiger partial charge in [-0.05, 0) is 55.0 Å². The molecule has 0 spiro atoms. The fourth-order valence-corrected chi connectivity index (χ4v) is 4.98. The van der Waals surface area contributed by atoms with Gasteiger partial charge in [0.15, 0.2) is 5.82 Å². The lowest BCUT2D eigenvalue weighted by atomic mass is 10.2. The number of carbonyl (C=O) groups excluding carboxylic acids is 1. The second kappa shape index (κ2) is 11.4. The highest BCUT2D eigenvalue weighted by molar-refractivity contribution is 5.93. The van der Waals surface area contributed by atoms with Gasteiger partial charge >= 0.3 is 0 Å². The van der Waals surface area contributed by atoms with E-state index in [1.165, 1.54) is 6.33 Å². The molecule has 1 aliphatic rings. The van der Waals surface area contributed by atoms with Crippen molar-refractivity contribution in [1.29, 1.82) is 0 Å². The largest absolute Gasteiger partial charge is 0.457 e. The van der Waals surface area contributed by atoms with Crippen LogP contribution in [0.3, 0.4) is 0 Å². The minimum Gasteiger partial charge on any atom is -0.457 e. The first kappa shape index (κ1) is 27.1. The van der Waals surface area contributed by atoms with Crippen LogP contribution in [-0.4, -0.2) is 80.6 Å². The predicted octanol–water partition coefficient (Wildman–Crippen LogP) is 4.00. The van der Waals surface area contributed by atoms with Gasteiger partial charge in [-0.1, -0.05) is 11.8 Å². The zero-order chi connectivity index (χ0) is 29.2. The highest BCUT2D eigenvalue weighted by atomic mass is 16.5. The maximum atomic E-state index is 12.6. The molecular weight excluding hydrogens is 534 g/mol. The Morgan fingerprint density at radius 3 is 2.64 bits per heavy atom. The van der Waals surface area contributed by atoms with Crippen LogP contribution in [0.5, 0.6) is 11.5 Å². The van der Waals surface area contributed by atoms with Gasteiger partial charge in [-0.2, -0.15) is 0 Å². The third kappa shape index (κ3) is 5.44. The first-order valence-corrected chi connectivity index (χ1v) is 13.6. The summed E-state index contributed by atoms with van der Waals surface area (Å²) in [5, 5.41) is 11.6. The Morgan fingerprint density at radius 2 is 1.86 bits per heavy atom. The number of hydrogen-bond donors (Lipinski definition) is 1. The molecule has 214 valence electrons. The number of carbonyl (C=O) groups is 1. The van der Waals surface area contributed by atoms with E-state index in [0.29, 0.717) is 48.8 Å². The van der Waals surface area contributed by atoms with Crippen LogP contribution in [0.25, 0.3) is 22.1 Å². The van der Waals surface area contributed by atoms with Crippen LogP contribution in [-0.2, 0) is 16.6 Å². The molecule has 1 aliphatic heterocycles. The molecule has 42 heavy (non-hydrogen) atoms. The maximum Gasteiger partial charge on any atom is 0.251 e. The van der Waals surface area contributed by atoms with Crippen molar-refractivity contribution in [2.45, 2.75) is 6.92 Å². The molecule has 2 aromatic carbocycles. The Bertz CT molecular complexity index is 1790. The Balaban J connectivity index is 1.17. The molecule has 0 saturated carbocycles. The van der Waals surface area contributed by atoms with Gasteiger partial charge in [-0.3, -0.25) is 4.79 Å². The topological polar surface area (TPSA) is 123 Å². The molecule has 0 radical (unpaired) electrons. The molecule has 3 aromatic heterocycles. The summed E-state index contributed by atoms with van der Waals surface area (Å²) in [5.74, 6) is 2.77. The van der Waals surface area contributed by atoms with E-state index in [9.17, 15) is 4.79 Å². The fourth-order valence-electron chi connectivity index (χ4n) is 4.98. The molecule has 5 aromatic rings. The molecule has 12 nitrogen and oxygen atoms in total. The number of amides is 1. The van der Waals surface area contributed by atoms with Crippen molar-refractivity contribution in [2.24, 2.45) is 7.05 Å². The molecule has 1 amide bonds. The summed E-state index contributed by atoms with van der Waals surface area (Å²) >= 11 is 0. The highest BCUT2D eigenvalue weighted by Gasteiger charge is 2.24. The number of benzene rings is 2. The van der Waals surface area contributed by atoms with Crippen LogP contribution in [0.4, 0.5) is 17.3 Å². The molecule has 6 rings (SSSR count). The van der Waals surface area contributed by atoms with E-state index in [4.69, 9.17) is 14.5 Å². The summed E-state index contributed by atoms with van der Waals surface area (Å²) in [6.07, 6.45) is 1.52. The SMILES string of the molecule is C=C(COC)C(=O)N1CCN(c2ccc3ncnc(Nc4ccc(Oc5ccc6c(c5)nnn6C)c(C)c4)c3n2)CC1. The number of methoxy groups -OCH3 is 1. The Labute approximate surface area is 242 Å². The first-order valence-electron chi connectivity index (χ1n) is 13.6. The monoisotopic (exact) mass is 565 g/mol. The van der Waals surface area contributed by atoms with Gasteiger partial charge in [0.1, 0.15) is 34.7 Å². The normalized spacial score (nSPS) is 13.5. The van der Waals surface area contributed by atoms with Crippen LogP contribution in [0, 0.1) is 6.92 Å². The summed E-state index contributed by atoms with van der Waals surface area (Å²) < 4.78 is 12.9. The van der Waals surface area contributed by atoms with Crippen LogP contribution in [0.15, 0.2) is 67.0 Å². The smallest absolute Gasteiger partial charge is 0.251 e.